The number of carbonyl (C=O) groups excluding carboxylic acids is 1. The number of nitrogens with one attached hydrogen (secondary N) is 1. The lowest BCUT2D eigenvalue weighted by atomic mass is 9.73. The Morgan fingerprint density at radius 2 is 1.88 bits per heavy atom. The third-order valence-electron chi connectivity index (χ3n) is 7.32. The molecule has 3 aromatic rings. The molecule has 3 heterocycles. The Morgan fingerprint density at radius 3 is 2.52 bits per heavy atom. The van der Waals surface area contributed by atoms with Gasteiger partial charge in [-0.2, -0.15) is 0 Å². The molecular weight excluding hydrogens is 522 g/mol. The number of aromatic nitrogens is 3. The van der Waals surface area contributed by atoms with E-state index in [0.717, 1.165) is 11.1 Å². The van der Waals surface area contributed by atoms with Gasteiger partial charge in [0.1, 0.15) is 29.9 Å². The highest BCUT2D eigenvalue weighted by Crippen LogP contribution is 2.41. The van der Waals surface area contributed by atoms with Gasteiger partial charge in [0.2, 0.25) is 0 Å². The zero-order valence-electron chi connectivity index (χ0n) is 22.4. The molecule has 1 fully saturated rings. The van der Waals surface area contributed by atoms with Crippen LogP contribution in [0.1, 0.15) is 55.9 Å². The second-order valence-electron chi connectivity index (χ2n) is 10.4. The van der Waals surface area contributed by atoms with Gasteiger partial charge < -0.3 is 25.4 Å². The molecule has 0 saturated heterocycles. The normalized spacial score (nSPS) is 19.6. The molecule has 9 nitrogen and oxygen atoms in total. The first kappa shape index (κ1) is 29.4. The second kappa shape index (κ2) is 12.8. The van der Waals surface area contributed by atoms with Crippen LogP contribution in [-0.2, 0) is 15.1 Å². The van der Waals surface area contributed by atoms with Gasteiger partial charge in [-0.05, 0) is 87.4 Å². The summed E-state index contributed by atoms with van der Waals surface area (Å²) >= 11 is 0. The molecule has 0 amide bonds. The van der Waals surface area contributed by atoms with Crippen LogP contribution in [0.4, 0.5) is 20.4 Å². The van der Waals surface area contributed by atoms with Crippen LogP contribution >= 0.6 is 0 Å². The first-order valence-corrected chi connectivity index (χ1v) is 13.2. The van der Waals surface area contributed by atoms with Crippen molar-refractivity contribution in [2.75, 3.05) is 18.5 Å². The van der Waals surface area contributed by atoms with Gasteiger partial charge in [0.25, 0.3) is 6.43 Å². The lowest BCUT2D eigenvalue weighted by Gasteiger charge is -2.37. The molecule has 40 heavy (non-hydrogen) atoms. The maximum absolute atomic E-state index is 13.1. The standard InChI is InChI=1S/C29H34F2N4O5/c1-17-11-23(34-26(12-17)35-25-13-19(27(30)31)9-10-32-25)20-5-8-24(33-14-20)29(2,39)21-6-3-18(4-7-21)28(38)40-16-22(37)15-36/h5,8-14,18,21-22,27,36-37,39H,3-4,6-7,15-16H2,1-2H3,(H,32,34,35)/t18-,21-,22-,29-/m1/s1. The molecule has 0 bridgehead atoms. The van der Waals surface area contributed by atoms with E-state index in [-0.39, 0.29) is 29.8 Å². The number of halogens is 2. The molecule has 1 aliphatic carbocycles. The number of hydrogen-bond donors (Lipinski definition) is 4. The number of rotatable bonds is 10. The van der Waals surface area contributed by atoms with Gasteiger partial charge in [0.15, 0.2) is 0 Å². The van der Waals surface area contributed by atoms with Gasteiger partial charge in [-0.25, -0.2) is 18.7 Å². The predicted molar refractivity (Wildman–Crippen MR) is 144 cm³/mol. The topological polar surface area (TPSA) is 138 Å². The van der Waals surface area contributed by atoms with E-state index in [0.29, 0.717) is 42.9 Å². The lowest BCUT2D eigenvalue weighted by molar-refractivity contribution is -0.154. The second-order valence-corrected chi connectivity index (χ2v) is 10.4. The highest BCUT2D eigenvalue weighted by atomic mass is 19.3. The van der Waals surface area contributed by atoms with E-state index < -0.39 is 30.7 Å². The highest BCUT2D eigenvalue weighted by Gasteiger charge is 2.39. The summed E-state index contributed by atoms with van der Waals surface area (Å²) in [7, 11) is 0. The van der Waals surface area contributed by atoms with Crippen molar-refractivity contribution in [3.8, 4) is 11.3 Å². The SMILES string of the molecule is Cc1cc(Nc2cc(C(F)F)ccn2)nc(-c2ccc([C@](C)(O)[C@H]3CC[C@H](C(=O)OC[C@H](O)CO)CC3)nc2)c1. The Hall–Kier alpha value is -3.54. The minimum Gasteiger partial charge on any atom is -0.463 e. The Morgan fingerprint density at radius 1 is 1.12 bits per heavy atom. The number of nitrogens with zero attached hydrogens (tertiary/aromatic N) is 3. The summed E-state index contributed by atoms with van der Waals surface area (Å²) in [5, 5.41) is 32.6. The molecule has 11 heteroatoms. The number of alkyl halides is 2. The van der Waals surface area contributed by atoms with Crippen molar-refractivity contribution < 1.29 is 33.6 Å². The average molecular weight is 557 g/mol. The van der Waals surface area contributed by atoms with E-state index >= 15 is 0 Å². The number of aliphatic hydroxyl groups is 3. The fourth-order valence-electron chi connectivity index (χ4n) is 4.96. The van der Waals surface area contributed by atoms with Gasteiger partial charge >= 0.3 is 5.97 Å². The molecule has 0 unspecified atom stereocenters. The van der Waals surface area contributed by atoms with Crippen LogP contribution in [0.25, 0.3) is 11.3 Å². The Kier molecular flexibility index (Phi) is 9.39. The zero-order valence-corrected chi connectivity index (χ0v) is 22.4. The summed E-state index contributed by atoms with van der Waals surface area (Å²) in [6, 6.07) is 9.80. The van der Waals surface area contributed by atoms with Gasteiger partial charge in [-0.3, -0.25) is 9.78 Å². The summed E-state index contributed by atoms with van der Waals surface area (Å²) in [6.45, 7) is 2.91. The molecule has 3 aromatic heterocycles. The first-order chi connectivity index (χ1) is 19.1. The van der Waals surface area contributed by atoms with Gasteiger partial charge in [0, 0.05) is 23.5 Å². The fourth-order valence-corrected chi connectivity index (χ4v) is 4.96. The van der Waals surface area contributed by atoms with Crippen LogP contribution in [0.3, 0.4) is 0 Å². The number of esters is 1. The molecule has 4 N–H and O–H groups in total. The molecule has 1 aliphatic rings. The van der Waals surface area contributed by atoms with Gasteiger partial charge in [-0.1, -0.05) is 0 Å². The van der Waals surface area contributed by atoms with Crippen LogP contribution in [0, 0.1) is 18.8 Å². The lowest BCUT2D eigenvalue weighted by Crippen LogP contribution is -2.37. The average Bonchev–Trinajstić information content (AvgIpc) is 2.95. The number of ether oxygens (including phenoxy) is 1. The Bertz CT molecular complexity index is 1300. The smallest absolute Gasteiger partial charge is 0.309 e. The monoisotopic (exact) mass is 556 g/mol. The van der Waals surface area contributed by atoms with E-state index in [2.05, 4.69) is 20.3 Å². The molecule has 2 atom stereocenters. The van der Waals surface area contributed by atoms with Crippen LogP contribution in [0.15, 0.2) is 48.8 Å². The fraction of sp³-hybridized carbons (Fsp3) is 0.448. The third-order valence-corrected chi connectivity index (χ3v) is 7.32. The van der Waals surface area contributed by atoms with Crippen molar-refractivity contribution in [1.29, 1.82) is 0 Å². The van der Waals surface area contributed by atoms with Crippen molar-refractivity contribution in [3.63, 3.8) is 0 Å². The maximum Gasteiger partial charge on any atom is 0.309 e. The number of hydrogen-bond acceptors (Lipinski definition) is 9. The minimum absolute atomic E-state index is 0.109. The molecule has 0 spiro atoms. The number of aryl methyl sites for hydroxylation is 1. The molecule has 0 radical (unpaired) electrons. The third kappa shape index (κ3) is 7.15. The molecule has 214 valence electrons. The first-order valence-electron chi connectivity index (χ1n) is 13.2. The van der Waals surface area contributed by atoms with Crippen molar-refractivity contribution in [2.24, 2.45) is 11.8 Å². The zero-order chi connectivity index (χ0) is 28.9. The van der Waals surface area contributed by atoms with E-state index in [1.807, 2.05) is 19.1 Å². The number of aliphatic hydroxyl groups excluding tert-OH is 2. The van der Waals surface area contributed by atoms with Crippen molar-refractivity contribution in [3.05, 3.63) is 65.6 Å². The molecular formula is C29H34F2N4O5. The molecule has 0 aromatic carbocycles. The largest absolute Gasteiger partial charge is 0.463 e. The summed E-state index contributed by atoms with van der Waals surface area (Å²) in [6.07, 6.45) is 1.57. The summed E-state index contributed by atoms with van der Waals surface area (Å²) in [5.41, 5.74) is 1.40. The number of pyridine rings is 3. The molecule has 0 aliphatic heterocycles. The van der Waals surface area contributed by atoms with Crippen LogP contribution in [-0.4, -0.2) is 55.6 Å². The quantitative estimate of drug-likeness (QED) is 0.267. The van der Waals surface area contributed by atoms with Crippen LogP contribution in [0.2, 0.25) is 0 Å². The summed E-state index contributed by atoms with van der Waals surface area (Å²) in [4.78, 5) is 25.5. The summed E-state index contributed by atoms with van der Waals surface area (Å²) in [5.74, 6) is -0.104. The van der Waals surface area contributed by atoms with Gasteiger partial charge in [-0.15, -0.1) is 0 Å². The van der Waals surface area contributed by atoms with E-state index in [4.69, 9.17) is 9.84 Å². The molecule has 4 rings (SSSR count). The van der Waals surface area contributed by atoms with Gasteiger partial charge in [0.05, 0.1) is 23.9 Å². The number of anilines is 2. The van der Waals surface area contributed by atoms with Crippen LogP contribution in [0.5, 0.6) is 0 Å². The maximum atomic E-state index is 13.1. The summed E-state index contributed by atoms with van der Waals surface area (Å²) < 4.78 is 31.2. The number of carbonyl (C=O) groups is 1. The minimum atomic E-state index is -2.60. The molecule has 1 saturated carbocycles. The van der Waals surface area contributed by atoms with Crippen molar-refractivity contribution >= 4 is 17.6 Å². The van der Waals surface area contributed by atoms with Crippen LogP contribution < -0.4 is 5.32 Å². The van der Waals surface area contributed by atoms with E-state index in [9.17, 15) is 23.8 Å². The highest BCUT2D eigenvalue weighted by molar-refractivity contribution is 5.72. The van der Waals surface area contributed by atoms with E-state index in [1.165, 1.54) is 18.3 Å². The Balaban J connectivity index is 1.42. The van der Waals surface area contributed by atoms with E-state index in [1.54, 1.807) is 25.3 Å². The van der Waals surface area contributed by atoms with Crippen molar-refractivity contribution in [2.45, 2.75) is 57.7 Å². The van der Waals surface area contributed by atoms with Crippen molar-refractivity contribution in [1.82, 2.24) is 15.0 Å². The predicted octanol–water partition coefficient (Wildman–Crippen LogP) is 4.44. The Labute approximate surface area is 231 Å².